The summed E-state index contributed by atoms with van der Waals surface area (Å²) in [5, 5.41) is 40.8. The second-order valence-electron chi connectivity index (χ2n) is 3.99. The number of carbonyl (C=O) groups is 1. The highest BCUT2D eigenvalue weighted by Gasteiger charge is 2.67. The second kappa shape index (κ2) is 5.93. The van der Waals surface area contributed by atoms with Gasteiger partial charge in [0, 0.05) is 0 Å². The van der Waals surface area contributed by atoms with Crippen LogP contribution in [0.4, 0.5) is 0 Å². The van der Waals surface area contributed by atoms with E-state index in [-0.39, 0.29) is 18.7 Å². The van der Waals surface area contributed by atoms with Crippen molar-refractivity contribution in [3.8, 4) is 5.75 Å². The van der Waals surface area contributed by atoms with Crippen molar-refractivity contribution in [3.63, 3.8) is 0 Å². The van der Waals surface area contributed by atoms with Crippen LogP contribution in [0.1, 0.15) is 10.4 Å². The van der Waals surface area contributed by atoms with Gasteiger partial charge in [0.2, 0.25) is 13.1 Å². The summed E-state index contributed by atoms with van der Waals surface area (Å²) in [6.45, 7) is -0.0972. The predicted molar refractivity (Wildman–Crippen MR) is 61.2 cm³/mol. The van der Waals surface area contributed by atoms with Crippen molar-refractivity contribution in [2.75, 3.05) is 13.1 Å². The lowest BCUT2D eigenvalue weighted by Gasteiger charge is -2.20. The first-order chi connectivity index (χ1) is 9.31. The van der Waals surface area contributed by atoms with Gasteiger partial charge in [-0.05, 0) is 6.07 Å². The molecule has 3 N–H and O–H groups in total. The molecule has 20 heavy (non-hydrogen) atoms. The first-order valence-corrected chi connectivity index (χ1v) is 5.41. The Kier molecular flexibility index (Phi) is 4.54. The third-order valence-electron chi connectivity index (χ3n) is 2.74. The molecule has 0 unspecified atom stereocenters. The lowest BCUT2D eigenvalue weighted by molar-refractivity contribution is -0.932. The molecular weight excluding hydrogens is 274 g/mol. The maximum absolute atomic E-state index is 10.7. The standard InChI is InChI=1S/C7H6O3.C3H5N3O4/c8-6-4-2-1-3-5(6)7(9)10;7-5(8)3(6(9)10)1-4-2-3/h1-4,8H,(H,9,10);4H,1-2H2. The van der Waals surface area contributed by atoms with Gasteiger partial charge in [-0.1, -0.05) is 23.9 Å². The number of quaternary nitrogens is 1. The molecule has 0 aliphatic carbocycles. The van der Waals surface area contributed by atoms with Gasteiger partial charge in [0.15, 0.2) is 0 Å². The third kappa shape index (κ3) is 2.98. The average Bonchev–Trinajstić information content (AvgIpc) is 2.27. The van der Waals surface area contributed by atoms with Crippen LogP contribution in [-0.4, -0.2) is 39.7 Å². The van der Waals surface area contributed by atoms with E-state index in [1.165, 1.54) is 29.6 Å². The molecule has 0 saturated carbocycles. The number of aromatic carboxylic acids is 1. The van der Waals surface area contributed by atoms with E-state index in [0.717, 1.165) is 0 Å². The minimum atomic E-state index is -1.89. The number of hydrogen-bond acceptors (Lipinski definition) is 6. The molecule has 0 atom stereocenters. The number of rotatable bonds is 3. The Balaban J connectivity index is 0.000000200. The van der Waals surface area contributed by atoms with Crippen LogP contribution in [0.15, 0.2) is 24.3 Å². The van der Waals surface area contributed by atoms with E-state index in [0.29, 0.717) is 0 Å². The largest absolute Gasteiger partial charge is 0.872 e. The lowest BCUT2D eigenvalue weighted by atomic mass is 10.1. The maximum Gasteiger partial charge on any atom is 0.551 e. The van der Waals surface area contributed by atoms with Crippen molar-refractivity contribution in [1.82, 2.24) is 0 Å². The van der Waals surface area contributed by atoms with Crippen LogP contribution in [0.3, 0.4) is 0 Å². The van der Waals surface area contributed by atoms with Crippen molar-refractivity contribution in [1.29, 1.82) is 0 Å². The van der Waals surface area contributed by atoms with E-state index in [1.807, 2.05) is 0 Å². The summed E-state index contributed by atoms with van der Waals surface area (Å²) in [4.78, 5) is 28.7. The molecule has 0 spiro atoms. The Morgan fingerprint density at radius 1 is 1.20 bits per heavy atom. The fraction of sp³-hybridized carbons (Fsp3) is 0.300. The molecule has 1 saturated heterocycles. The number of carboxylic acid groups (broad SMARTS) is 1. The van der Waals surface area contributed by atoms with Gasteiger partial charge in [-0.25, -0.2) is 4.79 Å². The number of nitro groups is 2. The van der Waals surface area contributed by atoms with Crippen molar-refractivity contribution >= 4 is 5.97 Å². The Bertz CT molecular complexity index is 525. The zero-order chi connectivity index (χ0) is 15.3. The first kappa shape index (κ1) is 15.3. The maximum atomic E-state index is 10.7. The Morgan fingerprint density at radius 2 is 1.70 bits per heavy atom. The molecule has 0 radical (unpaired) electrons. The van der Waals surface area contributed by atoms with Crippen LogP contribution in [0.2, 0.25) is 0 Å². The molecule has 1 aromatic rings. The van der Waals surface area contributed by atoms with Crippen molar-refractivity contribution in [2.45, 2.75) is 5.66 Å². The highest BCUT2D eigenvalue weighted by molar-refractivity contribution is 5.90. The average molecular weight is 285 g/mol. The highest BCUT2D eigenvalue weighted by Crippen LogP contribution is 2.11. The topological polar surface area (TPSA) is 163 Å². The van der Waals surface area contributed by atoms with E-state index >= 15 is 0 Å². The summed E-state index contributed by atoms with van der Waals surface area (Å²) < 4.78 is 0. The number of nitrogens with two attached hydrogens (primary N) is 1. The van der Waals surface area contributed by atoms with Crippen LogP contribution >= 0.6 is 0 Å². The summed E-state index contributed by atoms with van der Waals surface area (Å²) >= 11 is 0. The molecule has 2 rings (SSSR count). The molecule has 10 heteroatoms. The van der Waals surface area contributed by atoms with Crippen LogP contribution in [-0.2, 0) is 0 Å². The summed E-state index contributed by atoms with van der Waals surface area (Å²) in [6, 6.07) is 5.54. The second-order valence-corrected chi connectivity index (χ2v) is 3.99. The van der Waals surface area contributed by atoms with E-state index in [2.05, 4.69) is 0 Å². The first-order valence-electron chi connectivity index (χ1n) is 5.41. The Hall–Kier alpha value is -2.75. The Morgan fingerprint density at radius 3 is 1.90 bits per heavy atom. The molecule has 1 fully saturated rings. The summed E-state index contributed by atoms with van der Waals surface area (Å²) in [7, 11) is 0. The van der Waals surface area contributed by atoms with Gasteiger partial charge in [0.05, 0.1) is 5.56 Å². The van der Waals surface area contributed by atoms with Gasteiger partial charge in [0.1, 0.15) is 9.85 Å². The molecule has 0 bridgehead atoms. The fourth-order valence-electron chi connectivity index (χ4n) is 1.41. The molecule has 0 aromatic heterocycles. The molecule has 108 valence electrons. The summed E-state index contributed by atoms with van der Waals surface area (Å²) in [5.41, 5.74) is -2.07. The molecule has 0 amide bonds. The van der Waals surface area contributed by atoms with Gasteiger partial charge >= 0.3 is 11.6 Å². The quantitative estimate of drug-likeness (QED) is 0.378. The van der Waals surface area contributed by atoms with Crippen molar-refractivity contribution < 1.29 is 30.2 Å². The number of hydrogen-bond donors (Lipinski definition) is 2. The monoisotopic (exact) mass is 285 g/mol. The fourth-order valence-corrected chi connectivity index (χ4v) is 1.41. The van der Waals surface area contributed by atoms with Gasteiger partial charge in [-0.3, -0.25) is 20.2 Å². The molecular formula is C10H11N3O7. The number of para-hydroxylation sites is 1. The normalized spacial score (nSPS) is 15.2. The van der Waals surface area contributed by atoms with Crippen molar-refractivity contribution in [3.05, 3.63) is 50.1 Å². The van der Waals surface area contributed by atoms with Crippen LogP contribution in [0.5, 0.6) is 5.75 Å². The summed E-state index contributed by atoms with van der Waals surface area (Å²) in [5.74, 6) is -1.62. The van der Waals surface area contributed by atoms with Crippen LogP contribution < -0.4 is 10.4 Å². The predicted octanol–water partition coefficient (Wildman–Crippen LogP) is -1.73. The Labute approximate surface area is 111 Å². The van der Waals surface area contributed by atoms with E-state index in [9.17, 15) is 30.1 Å². The number of carboxylic acids is 1. The van der Waals surface area contributed by atoms with Crippen molar-refractivity contribution in [2.24, 2.45) is 0 Å². The van der Waals surface area contributed by atoms with Crippen LogP contribution in [0, 0.1) is 20.2 Å². The van der Waals surface area contributed by atoms with Gasteiger partial charge in [-0.2, -0.15) is 0 Å². The zero-order valence-corrected chi connectivity index (χ0v) is 10.1. The highest BCUT2D eigenvalue weighted by atomic mass is 16.7. The number of benzene rings is 1. The molecule has 1 heterocycles. The zero-order valence-electron chi connectivity index (χ0n) is 10.1. The number of nitrogens with zero attached hydrogens (tertiary/aromatic N) is 2. The summed E-state index contributed by atoms with van der Waals surface area (Å²) in [6.07, 6.45) is 0. The minimum absolute atomic E-state index is 0.0486. The lowest BCUT2D eigenvalue weighted by Crippen LogP contribution is -3.05. The molecule has 1 aliphatic rings. The van der Waals surface area contributed by atoms with E-state index in [1.54, 1.807) is 0 Å². The minimum Gasteiger partial charge on any atom is -0.872 e. The van der Waals surface area contributed by atoms with Gasteiger partial charge in [-0.15, -0.1) is 0 Å². The van der Waals surface area contributed by atoms with Crippen LogP contribution in [0.25, 0.3) is 0 Å². The smallest absolute Gasteiger partial charge is 0.551 e. The van der Waals surface area contributed by atoms with Gasteiger partial charge < -0.3 is 15.5 Å². The molecule has 10 nitrogen and oxygen atoms in total. The molecule has 1 aromatic carbocycles. The SMILES string of the molecule is O=C(O)c1ccccc1[O-].O=[N+]([O-])C1([N+](=O)[O-])C[NH2+]C1. The molecule has 1 aliphatic heterocycles. The van der Waals surface area contributed by atoms with Gasteiger partial charge in [0.25, 0.3) is 0 Å². The third-order valence-corrected chi connectivity index (χ3v) is 2.74. The van der Waals surface area contributed by atoms with E-state index in [4.69, 9.17) is 5.11 Å². The van der Waals surface area contributed by atoms with E-state index < -0.39 is 27.2 Å².